The van der Waals surface area contributed by atoms with Crippen molar-refractivity contribution in [3.8, 4) is 5.75 Å². The molecule has 120 valence electrons. The van der Waals surface area contributed by atoms with Crippen LogP contribution in [0.2, 0.25) is 0 Å². The van der Waals surface area contributed by atoms with Gasteiger partial charge in [0, 0.05) is 23.0 Å². The molecule has 0 saturated carbocycles. The molecule has 2 aromatic rings. The number of aliphatic imine (C=N–C) groups is 1. The van der Waals surface area contributed by atoms with Gasteiger partial charge in [0.2, 0.25) is 0 Å². The Bertz CT molecular complexity index is 796. The van der Waals surface area contributed by atoms with Crippen LogP contribution in [0, 0.1) is 19.7 Å². The number of rotatable bonds is 1. The molecule has 4 heteroatoms. The lowest BCUT2D eigenvalue weighted by atomic mass is 10.00. The normalized spacial score (nSPS) is 19.4. The van der Waals surface area contributed by atoms with Gasteiger partial charge in [-0.05, 0) is 58.4 Å². The first-order valence-corrected chi connectivity index (χ1v) is 7.79. The number of aromatic nitrogens is 1. The number of nitrogens with zero attached hydrogens (tertiary/aromatic N) is 2. The molecule has 1 unspecified atom stereocenters. The second-order valence-corrected chi connectivity index (χ2v) is 6.60. The molecule has 1 aliphatic heterocycles. The van der Waals surface area contributed by atoms with Gasteiger partial charge in [-0.15, -0.1) is 0 Å². The topological polar surface area (TPSA) is 34.5 Å². The van der Waals surface area contributed by atoms with Crippen LogP contribution >= 0.6 is 0 Å². The molecule has 3 rings (SSSR count). The number of ether oxygens (including phenoxy) is 1. The van der Waals surface area contributed by atoms with E-state index in [0.717, 1.165) is 22.5 Å². The molecule has 0 spiro atoms. The van der Waals surface area contributed by atoms with Crippen molar-refractivity contribution in [3.05, 3.63) is 58.7 Å². The van der Waals surface area contributed by atoms with E-state index in [1.165, 1.54) is 6.07 Å². The second-order valence-electron chi connectivity index (χ2n) is 6.60. The third-order valence-corrected chi connectivity index (χ3v) is 4.53. The summed E-state index contributed by atoms with van der Waals surface area (Å²) in [5.41, 5.74) is 3.76. The molecule has 23 heavy (non-hydrogen) atoms. The maximum absolute atomic E-state index is 14.4. The molecule has 1 atom stereocenters. The smallest absolute Gasteiger partial charge is 0.165 e. The van der Waals surface area contributed by atoms with Crippen molar-refractivity contribution in [2.75, 3.05) is 0 Å². The number of halogens is 1. The van der Waals surface area contributed by atoms with Crippen molar-refractivity contribution in [2.24, 2.45) is 4.99 Å². The molecule has 1 aromatic carbocycles. The Labute approximate surface area is 136 Å². The third kappa shape index (κ3) is 2.74. The first-order chi connectivity index (χ1) is 10.8. The fourth-order valence-corrected chi connectivity index (χ4v) is 2.57. The Morgan fingerprint density at radius 1 is 1.22 bits per heavy atom. The average Bonchev–Trinajstić information content (AvgIpc) is 2.59. The van der Waals surface area contributed by atoms with Crippen LogP contribution in [0.4, 0.5) is 4.39 Å². The van der Waals surface area contributed by atoms with Crippen LogP contribution < -0.4 is 4.74 Å². The minimum absolute atomic E-state index is 0.120. The van der Waals surface area contributed by atoms with E-state index < -0.39 is 5.60 Å². The first kappa shape index (κ1) is 15.7. The van der Waals surface area contributed by atoms with Gasteiger partial charge in [0.25, 0.3) is 0 Å². The Morgan fingerprint density at radius 2 is 1.96 bits per heavy atom. The lowest BCUT2D eigenvalue weighted by Crippen LogP contribution is -2.38. The summed E-state index contributed by atoms with van der Waals surface area (Å²) in [4.78, 5) is 9.26. The molecule has 1 aliphatic rings. The summed E-state index contributed by atoms with van der Waals surface area (Å²) in [5.74, 6) is -0.104. The molecule has 0 N–H and O–H groups in total. The minimum atomic E-state index is -0.591. The van der Waals surface area contributed by atoms with E-state index in [9.17, 15) is 4.39 Å². The molecular weight excluding hydrogens is 291 g/mol. The number of aryl methyl sites for hydroxylation is 2. The van der Waals surface area contributed by atoms with Crippen LogP contribution in [0.5, 0.6) is 5.75 Å². The number of hydrogen-bond donors (Lipinski definition) is 0. The van der Waals surface area contributed by atoms with Gasteiger partial charge in [-0.1, -0.05) is 6.07 Å². The van der Waals surface area contributed by atoms with Crippen LogP contribution in [-0.2, 0) is 0 Å². The standard InChI is InChI=1S/C19H21FN2O/c1-11-9-14(10-21-12(11)2)17-15-7-6-8-16(20)18(15)23-19(4,5)13(3)22-17/h6-10,13H,1-5H3. The minimum Gasteiger partial charge on any atom is -0.482 e. The van der Waals surface area contributed by atoms with Crippen molar-refractivity contribution in [1.29, 1.82) is 0 Å². The quantitative estimate of drug-likeness (QED) is 0.789. The molecule has 2 heterocycles. The zero-order chi connectivity index (χ0) is 16.8. The zero-order valence-electron chi connectivity index (χ0n) is 14.1. The van der Waals surface area contributed by atoms with E-state index in [-0.39, 0.29) is 17.6 Å². The highest BCUT2D eigenvalue weighted by Crippen LogP contribution is 2.34. The number of benzene rings is 1. The lowest BCUT2D eigenvalue weighted by molar-refractivity contribution is 0.0840. The number of fused-ring (bicyclic) bond motifs is 1. The summed E-state index contributed by atoms with van der Waals surface area (Å²) < 4.78 is 20.3. The van der Waals surface area contributed by atoms with E-state index in [2.05, 4.69) is 4.98 Å². The molecule has 0 saturated heterocycles. The predicted octanol–water partition coefficient (Wildman–Crippen LogP) is 4.23. The average molecular weight is 312 g/mol. The van der Waals surface area contributed by atoms with E-state index in [1.54, 1.807) is 12.3 Å². The van der Waals surface area contributed by atoms with Crippen LogP contribution in [0.1, 0.15) is 43.2 Å². The van der Waals surface area contributed by atoms with Crippen LogP contribution in [0.15, 0.2) is 35.5 Å². The molecule has 0 bridgehead atoms. The Balaban J connectivity index is 2.26. The van der Waals surface area contributed by atoms with E-state index in [1.807, 2.05) is 46.8 Å². The van der Waals surface area contributed by atoms with Crippen LogP contribution in [-0.4, -0.2) is 22.3 Å². The van der Waals surface area contributed by atoms with Crippen molar-refractivity contribution in [2.45, 2.75) is 46.3 Å². The van der Waals surface area contributed by atoms with Crippen molar-refractivity contribution < 1.29 is 9.13 Å². The van der Waals surface area contributed by atoms with Gasteiger partial charge < -0.3 is 4.74 Å². The summed E-state index contributed by atoms with van der Waals surface area (Å²) in [6, 6.07) is 6.87. The third-order valence-electron chi connectivity index (χ3n) is 4.53. The second kappa shape index (κ2) is 5.44. The summed E-state index contributed by atoms with van der Waals surface area (Å²) in [5, 5.41) is 0. The monoisotopic (exact) mass is 312 g/mol. The van der Waals surface area contributed by atoms with Crippen molar-refractivity contribution in [3.63, 3.8) is 0 Å². The van der Waals surface area contributed by atoms with Gasteiger partial charge in [-0.2, -0.15) is 0 Å². The summed E-state index contributed by atoms with van der Waals surface area (Å²) in [6.45, 7) is 9.83. The van der Waals surface area contributed by atoms with Crippen molar-refractivity contribution in [1.82, 2.24) is 4.98 Å². The van der Waals surface area contributed by atoms with E-state index >= 15 is 0 Å². The SMILES string of the molecule is Cc1cc(C2=NC(C)C(C)(C)Oc3c(F)cccc32)cnc1C. The fourth-order valence-electron chi connectivity index (χ4n) is 2.57. The van der Waals surface area contributed by atoms with Crippen molar-refractivity contribution >= 4 is 5.71 Å². The van der Waals surface area contributed by atoms with Gasteiger partial charge in [0.05, 0.1) is 11.8 Å². The van der Waals surface area contributed by atoms with Crippen LogP contribution in [0.25, 0.3) is 0 Å². The fraction of sp³-hybridized carbons (Fsp3) is 0.368. The number of pyridine rings is 1. The number of hydrogen-bond acceptors (Lipinski definition) is 3. The van der Waals surface area contributed by atoms with E-state index in [4.69, 9.17) is 9.73 Å². The number of para-hydroxylation sites is 1. The summed E-state index contributed by atoms with van der Waals surface area (Å²) in [7, 11) is 0. The maximum Gasteiger partial charge on any atom is 0.165 e. The first-order valence-electron chi connectivity index (χ1n) is 7.79. The van der Waals surface area contributed by atoms with Crippen LogP contribution in [0.3, 0.4) is 0 Å². The highest BCUT2D eigenvalue weighted by atomic mass is 19.1. The Hall–Kier alpha value is -2.23. The highest BCUT2D eigenvalue weighted by molar-refractivity contribution is 6.14. The summed E-state index contributed by atoms with van der Waals surface area (Å²) in [6.07, 6.45) is 1.79. The Kier molecular flexibility index (Phi) is 3.71. The highest BCUT2D eigenvalue weighted by Gasteiger charge is 2.34. The Morgan fingerprint density at radius 3 is 2.65 bits per heavy atom. The summed E-state index contributed by atoms with van der Waals surface area (Å²) >= 11 is 0. The van der Waals surface area contributed by atoms with E-state index in [0.29, 0.717) is 5.56 Å². The van der Waals surface area contributed by atoms with Gasteiger partial charge in [0.1, 0.15) is 5.60 Å². The molecular formula is C19H21FN2O. The zero-order valence-corrected chi connectivity index (χ0v) is 14.1. The largest absolute Gasteiger partial charge is 0.482 e. The molecule has 0 radical (unpaired) electrons. The van der Waals surface area contributed by atoms with Gasteiger partial charge in [0.15, 0.2) is 11.6 Å². The molecule has 3 nitrogen and oxygen atoms in total. The van der Waals surface area contributed by atoms with Gasteiger partial charge in [-0.3, -0.25) is 9.98 Å². The van der Waals surface area contributed by atoms with Gasteiger partial charge >= 0.3 is 0 Å². The molecule has 0 amide bonds. The maximum atomic E-state index is 14.4. The molecule has 1 aromatic heterocycles. The molecule has 0 aliphatic carbocycles. The lowest BCUT2D eigenvalue weighted by Gasteiger charge is -2.28. The predicted molar refractivity (Wildman–Crippen MR) is 89.9 cm³/mol. The van der Waals surface area contributed by atoms with Gasteiger partial charge in [-0.25, -0.2) is 4.39 Å². The molecule has 0 fully saturated rings.